The highest BCUT2D eigenvalue weighted by molar-refractivity contribution is 7.89. The smallest absolute Gasteiger partial charge is 0.279 e. The SMILES string of the molecule is CCOc1ccc(S(=O)(=O)N(CC)CC)cc1NC(=O)C[NH+](C)C1CCCCC1. The minimum Gasteiger partial charge on any atom is -0.492 e. The minimum atomic E-state index is -3.61. The molecule has 0 bridgehead atoms. The van der Waals surface area contributed by atoms with Gasteiger partial charge in [-0.25, -0.2) is 8.42 Å². The number of carbonyl (C=O) groups excluding carboxylic acids is 1. The van der Waals surface area contributed by atoms with Crippen molar-refractivity contribution in [3.05, 3.63) is 18.2 Å². The van der Waals surface area contributed by atoms with Gasteiger partial charge in [0.15, 0.2) is 6.54 Å². The highest BCUT2D eigenvalue weighted by Gasteiger charge is 2.25. The van der Waals surface area contributed by atoms with E-state index in [0.717, 1.165) is 12.8 Å². The molecule has 8 heteroatoms. The molecule has 1 fully saturated rings. The van der Waals surface area contributed by atoms with E-state index in [0.29, 0.717) is 43.7 Å². The van der Waals surface area contributed by atoms with E-state index in [1.165, 1.54) is 40.6 Å². The van der Waals surface area contributed by atoms with Gasteiger partial charge in [0, 0.05) is 13.1 Å². The van der Waals surface area contributed by atoms with Gasteiger partial charge < -0.3 is 15.0 Å². The van der Waals surface area contributed by atoms with Crippen molar-refractivity contribution in [2.45, 2.75) is 63.8 Å². The van der Waals surface area contributed by atoms with Gasteiger partial charge in [-0.1, -0.05) is 20.3 Å². The first-order valence-electron chi connectivity index (χ1n) is 10.7. The lowest BCUT2D eigenvalue weighted by Gasteiger charge is -2.27. The summed E-state index contributed by atoms with van der Waals surface area (Å²) in [5.74, 6) is 0.348. The number of rotatable bonds is 10. The zero-order chi connectivity index (χ0) is 21.4. The lowest BCUT2D eigenvalue weighted by Crippen LogP contribution is -3.14. The van der Waals surface area contributed by atoms with Crippen LogP contribution in [0.25, 0.3) is 0 Å². The largest absolute Gasteiger partial charge is 0.492 e. The van der Waals surface area contributed by atoms with E-state index in [-0.39, 0.29) is 10.8 Å². The first-order chi connectivity index (χ1) is 13.8. The fraction of sp³-hybridized carbons (Fsp3) is 0.667. The molecule has 0 saturated heterocycles. The first-order valence-corrected chi connectivity index (χ1v) is 12.2. The average molecular weight is 427 g/mol. The van der Waals surface area contributed by atoms with Crippen molar-refractivity contribution in [3.8, 4) is 5.75 Å². The number of hydrogen-bond acceptors (Lipinski definition) is 4. The molecule has 29 heavy (non-hydrogen) atoms. The Morgan fingerprint density at radius 2 is 1.83 bits per heavy atom. The molecule has 0 radical (unpaired) electrons. The molecule has 1 aromatic carbocycles. The Balaban J connectivity index is 2.19. The predicted molar refractivity (Wildman–Crippen MR) is 115 cm³/mol. The summed E-state index contributed by atoms with van der Waals surface area (Å²) < 4.78 is 32.7. The number of carbonyl (C=O) groups is 1. The molecule has 164 valence electrons. The second kappa shape index (κ2) is 10.9. The third-order valence-corrected chi connectivity index (χ3v) is 7.66. The van der Waals surface area contributed by atoms with Gasteiger partial charge in [-0.3, -0.25) is 4.79 Å². The standard InChI is InChI=1S/C21H35N3O4S/c1-5-24(6-2)29(26,27)18-13-14-20(28-7-3)19(15-18)22-21(25)16-23(4)17-11-9-8-10-12-17/h13-15,17H,5-12,16H2,1-4H3,(H,22,25)/p+1. The van der Waals surface area contributed by atoms with E-state index in [9.17, 15) is 13.2 Å². The maximum Gasteiger partial charge on any atom is 0.279 e. The summed E-state index contributed by atoms with van der Waals surface area (Å²) in [4.78, 5) is 14.0. The zero-order valence-corrected chi connectivity index (χ0v) is 19.0. The van der Waals surface area contributed by atoms with E-state index < -0.39 is 10.0 Å². The fourth-order valence-electron chi connectivity index (χ4n) is 3.95. The monoisotopic (exact) mass is 426 g/mol. The Morgan fingerprint density at radius 1 is 1.17 bits per heavy atom. The fourth-order valence-corrected chi connectivity index (χ4v) is 5.43. The lowest BCUT2D eigenvalue weighted by molar-refractivity contribution is -0.899. The van der Waals surface area contributed by atoms with Crippen LogP contribution in [0.3, 0.4) is 0 Å². The Morgan fingerprint density at radius 3 is 2.41 bits per heavy atom. The van der Waals surface area contributed by atoms with Crippen LogP contribution in [-0.4, -0.2) is 58.0 Å². The molecule has 1 saturated carbocycles. The van der Waals surface area contributed by atoms with Crippen LogP contribution in [0, 0.1) is 0 Å². The number of nitrogens with zero attached hydrogens (tertiary/aromatic N) is 1. The van der Waals surface area contributed by atoms with Gasteiger partial charge in [0.2, 0.25) is 10.0 Å². The molecule has 7 nitrogen and oxygen atoms in total. The van der Waals surface area contributed by atoms with Gasteiger partial charge in [-0.2, -0.15) is 4.31 Å². The van der Waals surface area contributed by atoms with Crippen LogP contribution >= 0.6 is 0 Å². The molecule has 0 heterocycles. The van der Waals surface area contributed by atoms with E-state index in [1.54, 1.807) is 6.07 Å². The molecular formula is C21H36N3O4S+. The maximum atomic E-state index is 12.9. The lowest BCUT2D eigenvalue weighted by atomic mass is 9.94. The molecule has 1 aliphatic rings. The summed E-state index contributed by atoms with van der Waals surface area (Å²) in [6.07, 6.45) is 6.04. The van der Waals surface area contributed by atoms with Crippen molar-refractivity contribution in [1.29, 1.82) is 0 Å². The first kappa shape index (κ1) is 23.6. The Labute approximate surface area is 175 Å². The highest BCUT2D eigenvalue weighted by Crippen LogP contribution is 2.29. The van der Waals surface area contributed by atoms with E-state index in [4.69, 9.17) is 4.74 Å². The van der Waals surface area contributed by atoms with Crippen LogP contribution in [-0.2, 0) is 14.8 Å². The van der Waals surface area contributed by atoms with Crippen LogP contribution in [0.5, 0.6) is 5.75 Å². The van der Waals surface area contributed by atoms with Gasteiger partial charge >= 0.3 is 0 Å². The average Bonchev–Trinajstić information content (AvgIpc) is 2.70. The second-order valence-electron chi connectivity index (χ2n) is 7.59. The van der Waals surface area contributed by atoms with Crippen LogP contribution < -0.4 is 15.0 Å². The van der Waals surface area contributed by atoms with E-state index >= 15 is 0 Å². The van der Waals surface area contributed by atoms with Crippen molar-refractivity contribution in [1.82, 2.24) is 4.31 Å². The zero-order valence-electron chi connectivity index (χ0n) is 18.2. The third kappa shape index (κ3) is 6.17. The molecule has 2 N–H and O–H groups in total. The topological polar surface area (TPSA) is 80.2 Å². The molecule has 1 aliphatic carbocycles. The summed E-state index contributed by atoms with van der Waals surface area (Å²) in [5.41, 5.74) is 0.404. The molecule has 1 atom stereocenters. The summed E-state index contributed by atoms with van der Waals surface area (Å²) in [7, 11) is -1.55. The van der Waals surface area contributed by atoms with Gasteiger partial charge in [-0.05, 0) is 50.8 Å². The molecular weight excluding hydrogens is 390 g/mol. The van der Waals surface area contributed by atoms with Gasteiger partial charge in [0.1, 0.15) is 5.75 Å². The summed E-state index contributed by atoms with van der Waals surface area (Å²) in [6.45, 7) is 7.03. The van der Waals surface area contributed by atoms with Crippen molar-refractivity contribution in [2.75, 3.05) is 38.6 Å². The van der Waals surface area contributed by atoms with Gasteiger partial charge in [0.05, 0.1) is 30.3 Å². The number of sulfonamides is 1. The molecule has 1 amide bonds. The Bertz CT molecular complexity index is 772. The van der Waals surface area contributed by atoms with Crippen LogP contribution in [0.1, 0.15) is 52.9 Å². The summed E-state index contributed by atoms with van der Waals surface area (Å²) in [5, 5.41) is 2.89. The summed E-state index contributed by atoms with van der Waals surface area (Å²) in [6, 6.07) is 5.17. The number of anilines is 1. The number of likely N-dealkylation sites (N-methyl/N-ethyl adjacent to an activating group) is 1. The van der Waals surface area contributed by atoms with Crippen molar-refractivity contribution in [3.63, 3.8) is 0 Å². The summed E-state index contributed by atoms with van der Waals surface area (Å²) >= 11 is 0. The quantitative estimate of drug-likeness (QED) is 0.599. The molecule has 2 rings (SSSR count). The molecule has 0 aromatic heterocycles. The predicted octanol–water partition coefficient (Wildman–Crippen LogP) is 1.90. The molecule has 1 aromatic rings. The highest BCUT2D eigenvalue weighted by atomic mass is 32.2. The van der Waals surface area contributed by atoms with Gasteiger partial charge in [-0.15, -0.1) is 0 Å². The van der Waals surface area contributed by atoms with Crippen molar-refractivity contribution < 1.29 is 22.8 Å². The van der Waals surface area contributed by atoms with E-state index in [1.807, 2.05) is 20.8 Å². The number of benzene rings is 1. The third-order valence-electron chi connectivity index (χ3n) is 5.61. The Hall–Kier alpha value is -1.64. The van der Waals surface area contributed by atoms with Crippen LogP contribution in [0.4, 0.5) is 5.69 Å². The van der Waals surface area contributed by atoms with Crippen molar-refractivity contribution in [2.24, 2.45) is 0 Å². The molecule has 1 unspecified atom stereocenters. The number of quaternary nitrogens is 1. The molecule has 0 aliphatic heterocycles. The number of amides is 1. The number of nitrogens with one attached hydrogen (secondary N) is 2. The minimum absolute atomic E-state index is 0.133. The van der Waals surface area contributed by atoms with Gasteiger partial charge in [0.25, 0.3) is 5.91 Å². The van der Waals surface area contributed by atoms with Crippen molar-refractivity contribution >= 4 is 21.6 Å². The number of hydrogen-bond donors (Lipinski definition) is 2. The normalized spacial score (nSPS) is 16.6. The second-order valence-corrected chi connectivity index (χ2v) is 9.52. The maximum absolute atomic E-state index is 12.9. The Kier molecular flexibility index (Phi) is 8.92. The van der Waals surface area contributed by atoms with E-state index in [2.05, 4.69) is 12.4 Å². The number of ether oxygens (including phenoxy) is 1. The molecule has 0 spiro atoms. The van der Waals surface area contributed by atoms with Crippen LogP contribution in [0.2, 0.25) is 0 Å². The van der Waals surface area contributed by atoms with Crippen LogP contribution in [0.15, 0.2) is 23.1 Å².